The number of likely N-dealkylation sites (N-methyl/N-ethyl adjacent to an activating group) is 1. The molecule has 1 N–H and O–H groups in total. The summed E-state index contributed by atoms with van der Waals surface area (Å²) in [6.07, 6.45) is 2.74. The molecule has 3 rings (SSSR count). The van der Waals surface area contributed by atoms with Crippen LogP contribution in [0.2, 0.25) is 5.02 Å². The standard InChI is InChI=1S/C20H19ClN2O3/c1-11-15(19(24)23(3)20(25)16(11)10-22)9-13-7-8-18(26-13)14-5-4-6-17(21)12(14)2/h4-11,16,22H,1-3H3/b15-9+,22-10?. The highest BCUT2D eigenvalue weighted by Crippen LogP contribution is 2.33. The molecule has 1 aliphatic rings. The minimum atomic E-state index is -0.645. The fraction of sp³-hybridized carbons (Fsp3) is 0.250. The lowest BCUT2D eigenvalue weighted by Gasteiger charge is -2.32. The molecule has 2 unspecified atom stereocenters. The third kappa shape index (κ3) is 2.99. The van der Waals surface area contributed by atoms with Gasteiger partial charge in [-0.1, -0.05) is 30.7 Å². The van der Waals surface area contributed by atoms with Gasteiger partial charge in [0.25, 0.3) is 5.91 Å². The number of imide groups is 1. The number of halogens is 1. The monoisotopic (exact) mass is 370 g/mol. The summed E-state index contributed by atoms with van der Waals surface area (Å²) < 4.78 is 5.89. The van der Waals surface area contributed by atoms with E-state index in [-0.39, 0.29) is 17.7 Å². The molecule has 1 aromatic heterocycles. The van der Waals surface area contributed by atoms with Gasteiger partial charge in [-0.2, -0.15) is 0 Å². The van der Waals surface area contributed by atoms with Crippen molar-refractivity contribution in [2.75, 3.05) is 7.05 Å². The molecule has 2 heterocycles. The van der Waals surface area contributed by atoms with Crippen molar-refractivity contribution in [1.29, 1.82) is 5.41 Å². The summed E-state index contributed by atoms with van der Waals surface area (Å²) in [6.45, 7) is 3.69. The molecule has 26 heavy (non-hydrogen) atoms. The first-order valence-electron chi connectivity index (χ1n) is 8.24. The van der Waals surface area contributed by atoms with Crippen molar-refractivity contribution in [3.63, 3.8) is 0 Å². The van der Waals surface area contributed by atoms with Gasteiger partial charge in [-0.05, 0) is 36.8 Å². The van der Waals surface area contributed by atoms with Crippen molar-refractivity contribution in [3.05, 3.63) is 52.3 Å². The third-order valence-corrected chi connectivity index (χ3v) is 5.24. The van der Waals surface area contributed by atoms with Crippen LogP contribution in [0.4, 0.5) is 0 Å². The molecule has 1 saturated heterocycles. The quantitative estimate of drug-likeness (QED) is 0.500. The van der Waals surface area contributed by atoms with Crippen LogP contribution >= 0.6 is 11.6 Å². The van der Waals surface area contributed by atoms with Crippen molar-refractivity contribution in [2.45, 2.75) is 13.8 Å². The normalized spacial score (nSPS) is 22.2. The van der Waals surface area contributed by atoms with E-state index < -0.39 is 5.92 Å². The topological polar surface area (TPSA) is 74.4 Å². The Morgan fingerprint density at radius 1 is 1.23 bits per heavy atom. The minimum absolute atomic E-state index is 0.357. The number of piperidine rings is 1. The lowest BCUT2D eigenvalue weighted by Crippen LogP contribution is -2.48. The predicted octanol–water partition coefficient (Wildman–Crippen LogP) is 4.19. The molecule has 5 nitrogen and oxygen atoms in total. The number of hydrogen-bond acceptors (Lipinski definition) is 4. The Kier molecular flexibility index (Phi) is 4.83. The molecular weight excluding hydrogens is 352 g/mol. The zero-order valence-electron chi connectivity index (χ0n) is 14.7. The maximum atomic E-state index is 12.5. The summed E-state index contributed by atoms with van der Waals surface area (Å²) in [6, 6.07) is 9.19. The number of likely N-dealkylation sites (tertiary alicyclic amines) is 1. The predicted molar refractivity (Wildman–Crippen MR) is 101 cm³/mol. The molecule has 134 valence electrons. The number of furan rings is 1. The van der Waals surface area contributed by atoms with E-state index in [1.54, 1.807) is 19.1 Å². The molecule has 1 fully saturated rings. The van der Waals surface area contributed by atoms with Crippen LogP contribution in [0.15, 0.2) is 40.3 Å². The van der Waals surface area contributed by atoms with E-state index in [2.05, 4.69) is 0 Å². The SMILES string of the molecule is Cc1c(Cl)cccc1-c1ccc(/C=C2/C(=O)N(C)C(=O)C(C=N)C2C)o1. The number of hydrogen-bond donors (Lipinski definition) is 1. The molecule has 0 spiro atoms. The van der Waals surface area contributed by atoms with Crippen molar-refractivity contribution < 1.29 is 14.0 Å². The summed E-state index contributed by atoms with van der Waals surface area (Å²) in [5, 5.41) is 8.15. The van der Waals surface area contributed by atoms with E-state index in [0.717, 1.165) is 22.2 Å². The second-order valence-corrected chi connectivity index (χ2v) is 6.80. The molecule has 0 bridgehead atoms. The van der Waals surface area contributed by atoms with E-state index in [1.807, 2.05) is 31.2 Å². The van der Waals surface area contributed by atoms with Crippen LogP contribution in [-0.4, -0.2) is 30.0 Å². The second kappa shape index (κ2) is 6.92. The van der Waals surface area contributed by atoms with Crippen LogP contribution < -0.4 is 0 Å². The number of benzene rings is 1. The van der Waals surface area contributed by atoms with Gasteiger partial charge in [-0.25, -0.2) is 0 Å². The Hall–Kier alpha value is -2.66. The average Bonchev–Trinajstić information content (AvgIpc) is 3.08. The molecule has 2 atom stereocenters. The number of carbonyl (C=O) groups is 2. The van der Waals surface area contributed by atoms with Gasteiger partial charge in [0.2, 0.25) is 5.91 Å². The van der Waals surface area contributed by atoms with Crippen LogP contribution in [0.5, 0.6) is 0 Å². The van der Waals surface area contributed by atoms with Crippen LogP contribution in [0.25, 0.3) is 17.4 Å². The van der Waals surface area contributed by atoms with Crippen LogP contribution in [0.1, 0.15) is 18.2 Å². The Morgan fingerprint density at radius 3 is 2.65 bits per heavy atom. The summed E-state index contributed by atoms with van der Waals surface area (Å²) in [7, 11) is 1.43. The molecule has 2 aromatic rings. The van der Waals surface area contributed by atoms with E-state index in [4.69, 9.17) is 21.4 Å². The molecule has 0 saturated carbocycles. The van der Waals surface area contributed by atoms with Crippen LogP contribution in [0.3, 0.4) is 0 Å². The Labute approximate surface area is 156 Å². The lowest BCUT2D eigenvalue weighted by atomic mass is 9.82. The zero-order valence-corrected chi connectivity index (χ0v) is 15.5. The highest BCUT2D eigenvalue weighted by atomic mass is 35.5. The summed E-state index contributed by atoms with van der Waals surface area (Å²) >= 11 is 6.17. The van der Waals surface area contributed by atoms with Gasteiger partial charge in [0, 0.05) is 35.3 Å². The van der Waals surface area contributed by atoms with Gasteiger partial charge >= 0.3 is 0 Å². The van der Waals surface area contributed by atoms with Gasteiger partial charge in [0.15, 0.2) is 0 Å². The highest BCUT2D eigenvalue weighted by Gasteiger charge is 2.39. The van der Waals surface area contributed by atoms with Crippen LogP contribution in [0, 0.1) is 24.2 Å². The largest absolute Gasteiger partial charge is 0.457 e. The van der Waals surface area contributed by atoms with Gasteiger partial charge in [-0.3, -0.25) is 14.5 Å². The lowest BCUT2D eigenvalue weighted by molar-refractivity contribution is -0.145. The number of nitrogens with zero attached hydrogens (tertiary/aromatic N) is 1. The summed E-state index contributed by atoms with van der Waals surface area (Å²) in [4.78, 5) is 25.7. The first-order chi connectivity index (χ1) is 12.3. The van der Waals surface area contributed by atoms with Crippen molar-refractivity contribution >= 4 is 35.7 Å². The number of amides is 2. The minimum Gasteiger partial charge on any atom is -0.457 e. The smallest absolute Gasteiger partial charge is 0.256 e. The molecule has 2 amide bonds. The number of carbonyl (C=O) groups excluding carboxylic acids is 2. The second-order valence-electron chi connectivity index (χ2n) is 6.40. The van der Waals surface area contributed by atoms with Gasteiger partial charge in [0.1, 0.15) is 11.5 Å². The fourth-order valence-corrected chi connectivity index (χ4v) is 3.31. The van der Waals surface area contributed by atoms with E-state index in [9.17, 15) is 9.59 Å². The molecule has 6 heteroatoms. The maximum absolute atomic E-state index is 12.5. The summed E-state index contributed by atoms with van der Waals surface area (Å²) in [5.41, 5.74) is 2.25. The van der Waals surface area contributed by atoms with Crippen LogP contribution in [-0.2, 0) is 9.59 Å². The third-order valence-electron chi connectivity index (χ3n) is 4.83. The van der Waals surface area contributed by atoms with E-state index in [1.165, 1.54) is 7.05 Å². The first-order valence-corrected chi connectivity index (χ1v) is 8.62. The molecule has 1 aromatic carbocycles. The summed E-state index contributed by atoms with van der Waals surface area (Å²) in [5.74, 6) is -0.581. The average molecular weight is 371 g/mol. The fourth-order valence-electron chi connectivity index (χ4n) is 3.13. The molecular formula is C20H19ClN2O3. The van der Waals surface area contributed by atoms with Gasteiger partial charge in [-0.15, -0.1) is 0 Å². The Morgan fingerprint density at radius 2 is 1.96 bits per heavy atom. The maximum Gasteiger partial charge on any atom is 0.256 e. The van der Waals surface area contributed by atoms with Crippen molar-refractivity contribution in [1.82, 2.24) is 4.90 Å². The number of nitrogens with one attached hydrogen (secondary N) is 1. The van der Waals surface area contributed by atoms with Gasteiger partial charge in [0.05, 0.1) is 5.92 Å². The Balaban J connectivity index is 1.99. The highest BCUT2D eigenvalue weighted by molar-refractivity contribution is 6.31. The Bertz CT molecular complexity index is 929. The van der Waals surface area contributed by atoms with Gasteiger partial charge < -0.3 is 9.83 Å². The van der Waals surface area contributed by atoms with E-state index in [0.29, 0.717) is 22.1 Å². The first kappa shape index (κ1) is 18.1. The molecule has 0 aliphatic carbocycles. The van der Waals surface area contributed by atoms with Crippen molar-refractivity contribution in [3.8, 4) is 11.3 Å². The van der Waals surface area contributed by atoms with E-state index >= 15 is 0 Å². The van der Waals surface area contributed by atoms with Crippen molar-refractivity contribution in [2.24, 2.45) is 11.8 Å². The molecule has 1 aliphatic heterocycles. The molecule has 0 radical (unpaired) electrons. The zero-order chi connectivity index (χ0) is 19.0. The number of rotatable bonds is 3.